The van der Waals surface area contributed by atoms with E-state index in [0.717, 1.165) is 0 Å². The summed E-state index contributed by atoms with van der Waals surface area (Å²) in [6.45, 7) is -1.89. The fourth-order valence-corrected chi connectivity index (χ4v) is 4.06. The van der Waals surface area contributed by atoms with Crippen molar-refractivity contribution < 1.29 is 23.7 Å². The molecule has 0 bridgehead atoms. The van der Waals surface area contributed by atoms with E-state index in [9.17, 15) is 19.3 Å². The lowest BCUT2D eigenvalue weighted by Gasteiger charge is -2.22. The van der Waals surface area contributed by atoms with Gasteiger partial charge in [0.2, 0.25) is 0 Å². The molecule has 3 N–H and O–H groups in total. The van der Waals surface area contributed by atoms with Gasteiger partial charge in [-0.05, 0) is 31.6 Å². The van der Waals surface area contributed by atoms with Crippen LogP contribution in [0.1, 0.15) is 26.0 Å². The summed E-state index contributed by atoms with van der Waals surface area (Å²) in [5.41, 5.74) is -1.04. The normalized spacial score (nSPS) is 23.8. The summed E-state index contributed by atoms with van der Waals surface area (Å²) in [6, 6.07) is 0.429. The van der Waals surface area contributed by atoms with Crippen LogP contribution in [0.5, 0.6) is 0 Å². The van der Waals surface area contributed by atoms with E-state index in [4.69, 9.17) is 21.1 Å². The monoisotopic (exact) mass is 393 g/mol. The molecule has 1 aromatic rings. The largest absolute Gasteiger partial charge is 0.468 e. The molecule has 25 heavy (non-hydrogen) atoms. The molecule has 0 aliphatic carbocycles. The van der Waals surface area contributed by atoms with Crippen molar-refractivity contribution >= 4 is 24.4 Å². The number of hydrogen-bond acceptors (Lipinski definition) is 7. The number of ether oxygens (including phenoxy) is 2. The molecule has 0 amide bonds. The number of carbonyl (C=O) groups is 1. The zero-order valence-electron chi connectivity index (χ0n) is 13.7. The van der Waals surface area contributed by atoms with Crippen LogP contribution < -0.4 is 16.3 Å². The molecule has 12 heteroatoms. The zero-order chi connectivity index (χ0) is 18.6. The van der Waals surface area contributed by atoms with Crippen molar-refractivity contribution in [3.05, 3.63) is 33.1 Å². The van der Waals surface area contributed by atoms with E-state index in [1.807, 2.05) is 0 Å². The topological polar surface area (TPSA) is 132 Å². The molecule has 10 nitrogen and oxygen atoms in total. The molecule has 4 atom stereocenters. The van der Waals surface area contributed by atoms with Crippen molar-refractivity contribution in [1.29, 1.82) is 0 Å². The molecule has 0 saturated carbocycles. The summed E-state index contributed by atoms with van der Waals surface area (Å²) in [4.78, 5) is 46.4. The molecular weight excluding hydrogens is 373 g/mol. The zero-order valence-corrected chi connectivity index (χ0v) is 15.4. The van der Waals surface area contributed by atoms with Crippen LogP contribution in [0.3, 0.4) is 0 Å². The molecule has 0 spiro atoms. The third-order valence-electron chi connectivity index (χ3n) is 3.59. The van der Waals surface area contributed by atoms with Crippen LogP contribution in [0, 0.1) is 0 Å². The molecule has 1 aromatic heterocycles. The predicted octanol–water partition coefficient (Wildman–Crippen LogP) is -0.401. The number of carbonyl (C=O) groups excluding carboxylic acids is 1. The number of nitrogens with one attached hydrogen (secondary N) is 2. The van der Waals surface area contributed by atoms with Crippen molar-refractivity contribution in [2.24, 2.45) is 0 Å². The lowest BCUT2D eigenvalue weighted by molar-refractivity contribution is -0.142. The smallest absolute Gasteiger partial charge is 0.330 e. The maximum absolute atomic E-state index is 11.8. The summed E-state index contributed by atoms with van der Waals surface area (Å²) in [7, 11) is 1.23. The van der Waals surface area contributed by atoms with Crippen LogP contribution in [-0.2, 0) is 30.6 Å². The Morgan fingerprint density at radius 2 is 2.32 bits per heavy atom. The lowest BCUT2D eigenvalue weighted by atomic mass is 10.2. The predicted molar refractivity (Wildman–Crippen MR) is 91.5 cm³/mol. The molecule has 1 saturated heterocycles. The molecule has 1 aliphatic heterocycles. The Morgan fingerprint density at radius 1 is 1.60 bits per heavy atom. The number of nitrogens with zero attached hydrogens (tertiary/aromatic N) is 1. The fraction of sp³-hybridized carbons (Fsp3) is 0.615. The fourth-order valence-electron chi connectivity index (χ4n) is 2.36. The molecule has 2 rings (SSSR count). The van der Waals surface area contributed by atoms with E-state index in [-0.39, 0.29) is 12.7 Å². The quantitative estimate of drug-likeness (QED) is 0.418. The van der Waals surface area contributed by atoms with Gasteiger partial charge in [-0.1, -0.05) is 0 Å². The Morgan fingerprint density at radius 3 is 2.96 bits per heavy atom. The van der Waals surface area contributed by atoms with Crippen LogP contribution >= 0.6 is 6.64 Å². The van der Waals surface area contributed by atoms with E-state index in [1.54, 1.807) is 0 Å². The number of esters is 1. The van der Waals surface area contributed by atoms with E-state index in [1.165, 1.54) is 30.9 Å². The maximum Gasteiger partial charge on any atom is 0.330 e. The van der Waals surface area contributed by atoms with Crippen molar-refractivity contribution in [3.63, 3.8) is 0 Å². The van der Waals surface area contributed by atoms with E-state index >= 15 is 0 Å². The van der Waals surface area contributed by atoms with E-state index in [2.05, 4.69) is 14.8 Å². The van der Waals surface area contributed by atoms with Gasteiger partial charge in [-0.2, -0.15) is 0 Å². The lowest BCUT2D eigenvalue weighted by Crippen LogP contribution is -2.33. The van der Waals surface area contributed by atoms with Gasteiger partial charge >= 0.3 is 11.7 Å². The molecular formula is C13H20N3O7PS. The second kappa shape index (κ2) is 8.35. The SMILES string of the molecule is COC(=O)[C@H](C)NP(O)(=S)OC[C@@H]1CC[C@H](n2ccc(=O)[nH]c2=O)O1. The average molecular weight is 393 g/mol. The molecule has 1 aliphatic rings. The molecule has 1 unspecified atom stereocenters. The van der Waals surface area contributed by atoms with Crippen LogP contribution in [0.4, 0.5) is 0 Å². The van der Waals surface area contributed by atoms with Gasteiger partial charge in [0.25, 0.3) is 12.2 Å². The van der Waals surface area contributed by atoms with E-state index < -0.39 is 36.1 Å². The Balaban J connectivity index is 1.88. The summed E-state index contributed by atoms with van der Waals surface area (Å²) >= 11 is 4.95. The van der Waals surface area contributed by atoms with E-state index in [0.29, 0.717) is 12.8 Å². The van der Waals surface area contributed by atoms with Crippen molar-refractivity contribution in [2.75, 3.05) is 13.7 Å². The number of H-pyrrole nitrogens is 1. The first-order chi connectivity index (χ1) is 11.7. The second-order valence-corrected chi connectivity index (χ2v) is 8.54. The van der Waals surface area contributed by atoms with Crippen LogP contribution in [0.25, 0.3) is 0 Å². The summed E-state index contributed by atoms with van der Waals surface area (Å²) < 4.78 is 16.8. The van der Waals surface area contributed by atoms with Crippen LogP contribution in [0.2, 0.25) is 0 Å². The van der Waals surface area contributed by atoms with Gasteiger partial charge in [-0.15, -0.1) is 0 Å². The summed E-state index contributed by atoms with van der Waals surface area (Å²) in [6.07, 6.45) is 1.58. The van der Waals surface area contributed by atoms with Crippen molar-refractivity contribution in [3.8, 4) is 0 Å². The highest BCUT2D eigenvalue weighted by molar-refractivity contribution is 8.08. The highest BCUT2D eigenvalue weighted by Crippen LogP contribution is 2.39. The molecule has 0 aromatic carbocycles. The minimum absolute atomic E-state index is 0.00325. The number of aromatic nitrogens is 2. The molecule has 1 fully saturated rings. The third kappa shape index (κ3) is 5.56. The minimum Gasteiger partial charge on any atom is -0.468 e. The van der Waals surface area contributed by atoms with Crippen molar-refractivity contribution in [1.82, 2.24) is 14.6 Å². The standard InChI is InChI=1S/C13H20N3O7PS/c1-8(12(18)21-2)15-24(20,25)22-7-9-3-4-11(23-9)16-6-5-10(17)14-13(16)19/h5-6,8-9,11H,3-4,7H2,1-2H3,(H,14,17,19)(H2,15,20,25)/t8-,9-,11+,24?/m0/s1. The third-order valence-corrected chi connectivity index (χ3v) is 5.44. The molecule has 2 heterocycles. The maximum atomic E-state index is 11.8. The number of hydrogen-bond donors (Lipinski definition) is 3. The summed E-state index contributed by atoms with van der Waals surface area (Å²) in [5, 5.41) is 2.52. The number of methoxy groups -OCH3 is 1. The van der Waals surface area contributed by atoms with Gasteiger partial charge in [0.1, 0.15) is 12.3 Å². The molecule has 140 valence electrons. The van der Waals surface area contributed by atoms with Gasteiger partial charge in [-0.25, -0.2) is 9.88 Å². The first-order valence-electron chi connectivity index (χ1n) is 7.52. The summed E-state index contributed by atoms with van der Waals surface area (Å²) in [5.74, 6) is -0.568. The van der Waals surface area contributed by atoms with Gasteiger partial charge in [-0.3, -0.25) is 19.1 Å². The first-order valence-corrected chi connectivity index (χ1v) is 10.2. The Bertz CT molecular complexity index is 779. The molecule has 0 radical (unpaired) electrons. The highest BCUT2D eigenvalue weighted by atomic mass is 32.5. The number of rotatable bonds is 7. The van der Waals surface area contributed by atoms with Gasteiger partial charge in [0, 0.05) is 12.3 Å². The first kappa shape index (κ1) is 20.0. The van der Waals surface area contributed by atoms with Gasteiger partial charge < -0.3 is 18.9 Å². The Labute approximate surface area is 148 Å². The minimum atomic E-state index is -3.39. The second-order valence-electron chi connectivity index (χ2n) is 5.50. The Kier molecular flexibility index (Phi) is 6.66. The van der Waals surface area contributed by atoms with Gasteiger partial charge in [0.15, 0.2) is 0 Å². The Hall–Kier alpha value is -1.36. The number of aromatic amines is 1. The van der Waals surface area contributed by atoms with Crippen LogP contribution in [-0.4, -0.2) is 46.3 Å². The highest BCUT2D eigenvalue weighted by Gasteiger charge is 2.30. The van der Waals surface area contributed by atoms with Crippen LogP contribution in [0.15, 0.2) is 21.9 Å². The van der Waals surface area contributed by atoms with Gasteiger partial charge in [0.05, 0.1) is 19.8 Å². The van der Waals surface area contributed by atoms with Crippen molar-refractivity contribution in [2.45, 2.75) is 38.1 Å². The average Bonchev–Trinajstić information content (AvgIpc) is 3.00.